The molecule has 0 spiro atoms. The molecule has 2 aliphatic heterocycles. The Labute approximate surface area is 225 Å². The van der Waals surface area contributed by atoms with Gasteiger partial charge in [0.05, 0.1) is 21.8 Å². The first-order chi connectivity index (χ1) is 18.9. The van der Waals surface area contributed by atoms with Gasteiger partial charge in [-0.1, -0.05) is 91.0 Å². The van der Waals surface area contributed by atoms with Crippen LogP contribution in [0.1, 0.15) is 54.4 Å². The average Bonchev–Trinajstić information content (AvgIpc) is 3.15. The first kappa shape index (κ1) is 21.9. The molecule has 0 unspecified atom stereocenters. The van der Waals surface area contributed by atoms with Crippen LogP contribution in [0.25, 0.3) is 0 Å². The predicted molar refractivity (Wildman–Crippen MR) is 146 cm³/mol. The summed E-state index contributed by atoms with van der Waals surface area (Å²) in [4.78, 5) is 17.9. The van der Waals surface area contributed by atoms with E-state index < -0.39 is 29.8 Å². The molecule has 5 rings (SSSR count). The number of hydrogen-bond donors (Lipinski definition) is 0. The lowest BCUT2D eigenvalue weighted by Crippen LogP contribution is -2.69. The van der Waals surface area contributed by atoms with E-state index in [9.17, 15) is 4.79 Å². The molecule has 0 saturated carbocycles. The number of carbonyl (C=O) groups excluding carboxylic acids is 1. The topological polar surface area (TPSA) is 42.0 Å². The molecule has 2 saturated heterocycles. The number of benzene rings is 3. The van der Waals surface area contributed by atoms with Gasteiger partial charge in [-0.15, -0.1) is 0 Å². The number of carbonyl (C=O) groups is 1. The Morgan fingerprint density at radius 2 is 1.43 bits per heavy atom. The van der Waals surface area contributed by atoms with E-state index in [1.165, 1.54) is 0 Å². The summed E-state index contributed by atoms with van der Waals surface area (Å²) in [7, 11) is -2.58. The van der Waals surface area contributed by atoms with Crippen molar-refractivity contribution in [3.05, 3.63) is 108 Å². The van der Waals surface area contributed by atoms with Crippen molar-refractivity contribution in [1.29, 1.82) is 0 Å². The van der Waals surface area contributed by atoms with E-state index in [2.05, 4.69) is 77.7 Å². The van der Waals surface area contributed by atoms with E-state index in [1.807, 2.05) is 39.0 Å². The van der Waals surface area contributed by atoms with E-state index in [1.54, 1.807) is 4.90 Å². The minimum atomic E-state index is -2.58. The molecule has 2 atom stereocenters. The molecular formula is C32H38N2O3. The molecule has 5 nitrogen and oxygen atoms in total. The molecule has 5 heteroatoms. The van der Waals surface area contributed by atoms with Crippen molar-refractivity contribution in [3.63, 3.8) is 0 Å². The molecular weight excluding hydrogens is 460 g/mol. The summed E-state index contributed by atoms with van der Waals surface area (Å²) in [5.74, 6) is 0. The third-order valence-corrected chi connectivity index (χ3v) is 7.72. The SMILES string of the molecule is [2H]C([2H])([2H])OC[C@]12CC[C@H](CN(C(c3ccccc3)(c3ccccc3)c3ccccc3)C1)N2C(=O)OC(C)(C)C. The zero-order valence-electron chi connectivity index (χ0n) is 24.9. The Kier molecular flexibility index (Phi) is 5.89. The van der Waals surface area contributed by atoms with Crippen molar-refractivity contribution in [2.75, 3.05) is 26.7 Å². The van der Waals surface area contributed by atoms with Crippen LogP contribution in [0, 0.1) is 0 Å². The van der Waals surface area contributed by atoms with Crippen molar-refractivity contribution in [2.45, 2.75) is 56.3 Å². The molecule has 3 aromatic rings. The normalized spacial score (nSPS) is 23.7. The van der Waals surface area contributed by atoms with E-state index in [0.29, 0.717) is 19.5 Å². The van der Waals surface area contributed by atoms with E-state index in [-0.39, 0.29) is 12.6 Å². The monoisotopic (exact) mass is 501 g/mol. The molecule has 0 aliphatic carbocycles. The second-order valence-electron chi connectivity index (χ2n) is 11.2. The maximum Gasteiger partial charge on any atom is 0.411 e. The molecule has 194 valence electrons. The summed E-state index contributed by atoms with van der Waals surface area (Å²) in [6, 6.07) is 31.1. The highest BCUT2D eigenvalue weighted by Crippen LogP contribution is 2.49. The van der Waals surface area contributed by atoms with Gasteiger partial charge in [0, 0.05) is 26.2 Å². The van der Waals surface area contributed by atoms with Gasteiger partial charge in [0.1, 0.15) is 5.60 Å². The van der Waals surface area contributed by atoms with Gasteiger partial charge in [-0.3, -0.25) is 9.80 Å². The second kappa shape index (κ2) is 9.96. The number of amides is 1. The molecule has 2 heterocycles. The van der Waals surface area contributed by atoms with E-state index in [0.717, 1.165) is 23.1 Å². The van der Waals surface area contributed by atoms with Crippen molar-refractivity contribution in [3.8, 4) is 0 Å². The van der Waals surface area contributed by atoms with Crippen molar-refractivity contribution < 1.29 is 18.4 Å². The van der Waals surface area contributed by atoms with Crippen molar-refractivity contribution in [2.24, 2.45) is 0 Å². The average molecular weight is 502 g/mol. The van der Waals surface area contributed by atoms with Crippen LogP contribution < -0.4 is 0 Å². The fourth-order valence-electron chi connectivity index (χ4n) is 6.39. The van der Waals surface area contributed by atoms with Crippen LogP contribution in [-0.4, -0.2) is 59.8 Å². The molecule has 2 bridgehead atoms. The summed E-state index contributed by atoms with van der Waals surface area (Å²) in [5.41, 5.74) is 1.07. The van der Waals surface area contributed by atoms with Crippen molar-refractivity contribution >= 4 is 6.09 Å². The van der Waals surface area contributed by atoms with Crippen LogP contribution in [0.3, 0.4) is 0 Å². The summed E-state index contributed by atoms with van der Waals surface area (Å²) >= 11 is 0. The van der Waals surface area contributed by atoms with Crippen LogP contribution in [0.2, 0.25) is 0 Å². The Morgan fingerprint density at radius 1 is 0.919 bits per heavy atom. The zero-order chi connectivity index (χ0) is 28.6. The molecule has 1 amide bonds. The molecule has 0 radical (unpaired) electrons. The summed E-state index contributed by atoms with van der Waals surface area (Å²) in [6.07, 6.45) is 0.931. The van der Waals surface area contributed by atoms with Gasteiger partial charge in [-0.2, -0.15) is 0 Å². The first-order valence-corrected chi connectivity index (χ1v) is 13.0. The largest absolute Gasteiger partial charge is 0.444 e. The Balaban J connectivity index is 1.68. The zero-order valence-corrected chi connectivity index (χ0v) is 21.9. The Hall–Kier alpha value is -3.15. The van der Waals surface area contributed by atoms with Crippen LogP contribution >= 0.6 is 0 Å². The van der Waals surface area contributed by atoms with Gasteiger partial charge in [-0.05, 0) is 50.3 Å². The minimum absolute atomic E-state index is 0.107. The molecule has 2 aliphatic rings. The van der Waals surface area contributed by atoms with E-state index in [4.69, 9.17) is 13.6 Å². The fourth-order valence-corrected chi connectivity index (χ4v) is 6.39. The van der Waals surface area contributed by atoms with Gasteiger partial charge in [0.25, 0.3) is 0 Å². The number of nitrogens with zero attached hydrogens (tertiary/aromatic N) is 2. The first-order valence-electron chi connectivity index (χ1n) is 14.5. The standard InChI is InChI=1S/C32H38N2O3/c1-30(2,3)37-29(35)34-28-20-21-31(34,24-36-4)23-33(22-28)32(25-14-8-5-9-15-25,26-16-10-6-11-17-26)27-18-12-7-13-19-27/h5-19,28H,20-24H2,1-4H3/t28-,31+/m1/s1/i4D3. The summed E-state index contributed by atoms with van der Waals surface area (Å²) < 4.78 is 34.7. The lowest BCUT2D eigenvalue weighted by Gasteiger charge is -2.55. The lowest BCUT2D eigenvalue weighted by molar-refractivity contribution is -0.0707. The number of methoxy groups -OCH3 is 1. The van der Waals surface area contributed by atoms with E-state index >= 15 is 0 Å². The number of fused-ring (bicyclic) bond motifs is 2. The minimum Gasteiger partial charge on any atom is -0.444 e. The molecule has 0 N–H and O–H groups in total. The van der Waals surface area contributed by atoms with Gasteiger partial charge in [0.15, 0.2) is 0 Å². The Morgan fingerprint density at radius 3 is 1.89 bits per heavy atom. The molecule has 0 aromatic heterocycles. The number of likely N-dealkylation sites (tertiary alicyclic amines) is 1. The molecule has 3 aromatic carbocycles. The number of hydrogen-bond acceptors (Lipinski definition) is 4. The maximum atomic E-state index is 13.7. The van der Waals surface area contributed by atoms with Crippen LogP contribution in [0.4, 0.5) is 4.79 Å². The van der Waals surface area contributed by atoms with Gasteiger partial charge in [-0.25, -0.2) is 4.79 Å². The quantitative estimate of drug-likeness (QED) is 0.384. The second-order valence-corrected chi connectivity index (χ2v) is 11.2. The van der Waals surface area contributed by atoms with Gasteiger partial charge >= 0.3 is 6.09 Å². The van der Waals surface area contributed by atoms with Gasteiger partial charge < -0.3 is 9.47 Å². The summed E-state index contributed by atoms with van der Waals surface area (Å²) in [6.45, 7) is 6.44. The highest BCUT2D eigenvalue weighted by molar-refractivity contribution is 5.71. The number of piperazine rings is 1. The molecule has 2 fully saturated rings. The van der Waals surface area contributed by atoms with Gasteiger partial charge in [0.2, 0.25) is 0 Å². The molecule has 37 heavy (non-hydrogen) atoms. The highest BCUT2D eigenvalue weighted by Gasteiger charge is 2.58. The van der Waals surface area contributed by atoms with Crippen molar-refractivity contribution in [1.82, 2.24) is 9.80 Å². The third kappa shape index (κ3) is 4.55. The number of rotatable bonds is 6. The smallest absolute Gasteiger partial charge is 0.411 e. The fraction of sp³-hybridized carbons (Fsp3) is 0.406. The Bertz CT molecular complexity index is 1200. The van der Waals surface area contributed by atoms with Crippen LogP contribution in [0.5, 0.6) is 0 Å². The summed E-state index contributed by atoms with van der Waals surface area (Å²) in [5, 5.41) is 0. The number of ether oxygens (including phenoxy) is 2. The van der Waals surface area contributed by atoms with Crippen LogP contribution in [0.15, 0.2) is 91.0 Å². The maximum absolute atomic E-state index is 13.7. The lowest BCUT2D eigenvalue weighted by atomic mass is 9.74. The van der Waals surface area contributed by atoms with Crippen LogP contribution in [-0.2, 0) is 15.0 Å². The highest BCUT2D eigenvalue weighted by atomic mass is 16.6. The predicted octanol–water partition coefficient (Wildman–Crippen LogP) is 6.08. The third-order valence-electron chi connectivity index (χ3n) is 7.72.